The molecular weight excluding hydrogens is 398 g/mol. The van der Waals surface area contributed by atoms with Crippen LogP contribution in [0, 0.1) is 6.92 Å². The molecule has 8 nitrogen and oxygen atoms in total. The molecule has 0 saturated carbocycles. The normalized spacial score (nSPS) is 11.6. The molecule has 5 rings (SSSR count). The monoisotopic (exact) mass is 417 g/mol. The number of thiophene rings is 1. The molecule has 30 heavy (non-hydrogen) atoms. The van der Waals surface area contributed by atoms with Crippen molar-refractivity contribution < 1.29 is 4.79 Å². The maximum Gasteiger partial charge on any atom is 0.257 e. The van der Waals surface area contributed by atoms with Gasteiger partial charge >= 0.3 is 0 Å². The third-order valence-corrected chi connectivity index (χ3v) is 5.85. The van der Waals surface area contributed by atoms with Crippen LogP contribution in [0.5, 0.6) is 0 Å². The molecule has 0 saturated heterocycles. The van der Waals surface area contributed by atoms with Crippen LogP contribution in [-0.2, 0) is 0 Å². The molecule has 9 heteroatoms. The van der Waals surface area contributed by atoms with Gasteiger partial charge in [-0.2, -0.15) is 14.7 Å². The Bertz CT molecular complexity index is 1400. The molecule has 0 unspecified atom stereocenters. The highest BCUT2D eigenvalue weighted by Crippen LogP contribution is 2.31. The fourth-order valence-electron chi connectivity index (χ4n) is 3.40. The average molecular weight is 417 g/mol. The van der Waals surface area contributed by atoms with Gasteiger partial charge in [0.05, 0.1) is 33.9 Å². The van der Waals surface area contributed by atoms with E-state index < -0.39 is 0 Å². The van der Waals surface area contributed by atoms with E-state index in [2.05, 4.69) is 33.5 Å². The Morgan fingerprint density at radius 2 is 2.00 bits per heavy atom. The minimum atomic E-state index is -0.247. The van der Waals surface area contributed by atoms with Gasteiger partial charge in [-0.05, 0) is 45.0 Å². The number of hydrogen-bond acceptors (Lipinski definition) is 6. The zero-order chi connectivity index (χ0) is 20.8. The number of rotatable bonds is 4. The smallest absolute Gasteiger partial charge is 0.257 e. The van der Waals surface area contributed by atoms with E-state index in [-0.39, 0.29) is 11.9 Å². The first kappa shape index (κ1) is 18.4. The lowest BCUT2D eigenvalue weighted by molar-refractivity contribution is 0.102. The van der Waals surface area contributed by atoms with E-state index in [4.69, 9.17) is 4.98 Å². The van der Waals surface area contributed by atoms with Gasteiger partial charge in [-0.1, -0.05) is 0 Å². The third-order valence-electron chi connectivity index (χ3n) is 4.83. The fourth-order valence-corrected chi connectivity index (χ4v) is 4.22. The molecule has 150 valence electrons. The Labute approximate surface area is 176 Å². The van der Waals surface area contributed by atoms with E-state index in [1.807, 2.05) is 30.7 Å². The minimum absolute atomic E-state index is 0.120. The summed E-state index contributed by atoms with van der Waals surface area (Å²) in [7, 11) is 0. The number of anilines is 1. The molecule has 0 radical (unpaired) electrons. The summed E-state index contributed by atoms with van der Waals surface area (Å²) < 4.78 is 3.44. The summed E-state index contributed by atoms with van der Waals surface area (Å²) in [6.07, 6.45) is 4.99. The van der Waals surface area contributed by atoms with Crippen LogP contribution in [0.4, 0.5) is 5.82 Å². The van der Waals surface area contributed by atoms with Gasteiger partial charge in [0.15, 0.2) is 11.3 Å². The van der Waals surface area contributed by atoms with E-state index in [0.717, 1.165) is 10.6 Å². The maximum absolute atomic E-state index is 13.3. The molecule has 0 spiro atoms. The van der Waals surface area contributed by atoms with Gasteiger partial charge in [-0.3, -0.25) is 4.79 Å². The topological polar surface area (TPSA) is 90.0 Å². The van der Waals surface area contributed by atoms with Gasteiger partial charge in [-0.15, -0.1) is 11.3 Å². The summed E-state index contributed by atoms with van der Waals surface area (Å²) in [6.45, 7) is 6.14. The van der Waals surface area contributed by atoms with Crippen LogP contribution in [0.1, 0.15) is 35.1 Å². The van der Waals surface area contributed by atoms with Crippen LogP contribution < -0.4 is 5.32 Å². The van der Waals surface area contributed by atoms with E-state index >= 15 is 0 Å². The number of fused-ring (bicyclic) bond motifs is 2. The average Bonchev–Trinajstić information content (AvgIpc) is 3.46. The molecule has 1 N–H and O–H groups in total. The first-order valence-corrected chi connectivity index (χ1v) is 10.4. The summed E-state index contributed by atoms with van der Waals surface area (Å²) in [5.41, 5.74) is 2.63. The molecule has 0 atom stereocenters. The summed E-state index contributed by atoms with van der Waals surface area (Å²) in [5.74, 6) is 0.299. The van der Waals surface area contributed by atoms with Gasteiger partial charge in [0.2, 0.25) is 0 Å². The summed E-state index contributed by atoms with van der Waals surface area (Å²) >= 11 is 1.65. The van der Waals surface area contributed by atoms with Crippen molar-refractivity contribution in [2.24, 2.45) is 0 Å². The fraction of sp³-hybridized carbons (Fsp3) is 0.190. The summed E-state index contributed by atoms with van der Waals surface area (Å²) in [4.78, 5) is 24.6. The lowest BCUT2D eigenvalue weighted by atomic mass is 10.1. The predicted molar refractivity (Wildman–Crippen MR) is 117 cm³/mol. The molecule has 0 bridgehead atoms. The molecule has 0 aliphatic carbocycles. The van der Waals surface area contributed by atoms with Crippen LogP contribution in [0.3, 0.4) is 0 Å². The van der Waals surface area contributed by atoms with Crippen molar-refractivity contribution in [2.45, 2.75) is 26.8 Å². The van der Waals surface area contributed by atoms with Crippen molar-refractivity contribution in [1.82, 2.24) is 29.4 Å². The third kappa shape index (κ3) is 3.03. The van der Waals surface area contributed by atoms with Crippen molar-refractivity contribution in [3.63, 3.8) is 0 Å². The van der Waals surface area contributed by atoms with E-state index in [0.29, 0.717) is 28.1 Å². The van der Waals surface area contributed by atoms with Crippen molar-refractivity contribution in [3.05, 3.63) is 59.4 Å². The largest absolute Gasteiger partial charge is 0.306 e. The molecule has 5 aromatic heterocycles. The molecule has 5 aromatic rings. The number of pyridine rings is 1. The Kier molecular flexibility index (Phi) is 4.32. The molecule has 1 amide bonds. The van der Waals surface area contributed by atoms with Gasteiger partial charge < -0.3 is 5.32 Å². The highest BCUT2D eigenvalue weighted by molar-refractivity contribution is 7.15. The molecule has 0 aromatic carbocycles. The molecule has 0 fully saturated rings. The quantitative estimate of drug-likeness (QED) is 0.470. The van der Waals surface area contributed by atoms with Crippen molar-refractivity contribution in [2.75, 3.05) is 5.32 Å². The van der Waals surface area contributed by atoms with Crippen LogP contribution in [0.15, 0.2) is 48.9 Å². The van der Waals surface area contributed by atoms with Crippen LogP contribution >= 0.6 is 11.3 Å². The van der Waals surface area contributed by atoms with E-state index in [1.54, 1.807) is 46.6 Å². The van der Waals surface area contributed by atoms with Crippen LogP contribution in [0.2, 0.25) is 0 Å². The number of aryl methyl sites for hydroxylation is 1. The zero-order valence-electron chi connectivity index (χ0n) is 16.7. The predicted octanol–water partition coefficient (Wildman–Crippen LogP) is 4.34. The maximum atomic E-state index is 13.3. The van der Waals surface area contributed by atoms with Gasteiger partial charge in [0, 0.05) is 23.2 Å². The first-order valence-electron chi connectivity index (χ1n) is 9.56. The number of amides is 1. The Balaban J connectivity index is 1.65. The van der Waals surface area contributed by atoms with E-state index in [1.165, 1.54) is 4.88 Å². The zero-order valence-corrected chi connectivity index (χ0v) is 17.5. The molecule has 0 aliphatic heterocycles. The Hall–Kier alpha value is -3.59. The van der Waals surface area contributed by atoms with Crippen molar-refractivity contribution >= 4 is 39.7 Å². The molecule has 5 heterocycles. The second kappa shape index (κ2) is 7.03. The second-order valence-corrected chi connectivity index (χ2v) is 8.56. The number of carbonyl (C=O) groups excluding carboxylic acids is 1. The number of aromatic nitrogens is 6. The lowest BCUT2D eigenvalue weighted by Gasteiger charge is -2.11. The van der Waals surface area contributed by atoms with Crippen LogP contribution in [0.25, 0.3) is 27.3 Å². The molecular formula is C21H19N7OS. The standard InChI is InChI=1S/C21H19N7OS/c1-12(2)27-20-15(11-24-27)14(10-16(25-20)17-5-4-13(3)30-17)21(29)26-19-6-8-22-18-7-9-23-28(18)19/h4-12H,1-3H3,(H,26,29). The van der Waals surface area contributed by atoms with Gasteiger partial charge in [-0.25, -0.2) is 14.6 Å². The number of nitrogens with zero attached hydrogens (tertiary/aromatic N) is 6. The highest BCUT2D eigenvalue weighted by atomic mass is 32.1. The molecule has 0 aliphatic rings. The number of nitrogens with one attached hydrogen (secondary N) is 1. The first-order chi connectivity index (χ1) is 14.5. The lowest BCUT2D eigenvalue weighted by Crippen LogP contribution is -2.16. The second-order valence-electron chi connectivity index (χ2n) is 7.27. The van der Waals surface area contributed by atoms with Gasteiger partial charge in [0.25, 0.3) is 5.91 Å². The summed E-state index contributed by atoms with van der Waals surface area (Å²) in [5, 5.41) is 12.4. The highest BCUT2D eigenvalue weighted by Gasteiger charge is 2.20. The SMILES string of the molecule is Cc1ccc(-c2cc(C(=O)Nc3ccnc4ccnn34)c3cnn(C(C)C)c3n2)s1. The minimum Gasteiger partial charge on any atom is -0.306 e. The van der Waals surface area contributed by atoms with E-state index in [9.17, 15) is 4.79 Å². The van der Waals surface area contributed by atoms with Crippen molar-refractivity contribution in [1.29, 1.82) is 0 Å². The number of carbonyl (C=O) groups is 1. The Morgan fingerprint density at radius 3 is 2.77 bits per heavy atom. The Morgan fingerprint density at radius 1 is 1.13 bits per heavy atom. The van der Waals surface area contributed by atoms with Crippen molar-refractivity contribution in [3.8, 4) is 10.6 Å². The van der Waals surface area contributed by atoms with Crippen LogP contribution in [-0.4, -0.2) is 35.3 Å². The number of hydrogen-bond donors (Lipinski definition) is 1. The summed E-state index contributed by atoms with van der Waals surface area (Å²) in [6, 6.07) is 9.53. The van der Waals surface area contributed by atoms with Gasteiger partial charge in [0.1, 0.15) is 5.82 Å².